The van der Waals surface area contributed by atoms with Gasteiger partial charge in [-0.3, -0.25) is 9.69 Å². The maximum Gasteiger partial charge on any atom is 0.256 e. The minimum atomic E-state index is -0.484. The zero-order chi connectivity index (χ0) is 15.9. The van der Waals surface area contributed by atoms with E-state index in [1.165, 1.54) is 11.0 Å². The lowest BCUT2D eigenvalue weighted by molar-refractivity contribution is 0.0315. The van der Waals surface area contributed by atoms with Crippen molar-refractivity contribution < 1.29 is 19.0 Å². The SMILES string of the molecule is Cc1cccc(C(=O)N(CCO)CCN2CCOCC2)c1F. The standard InChI is InChI=1S/C16H23FN2O3/c1-13-3-2-4-14(15(13)17)16(21)19(7-10-20)6-5-18-8-11-22-12-9-18/h2-4,20H,5-12H2,1H3. The van der Waals surface area contributed by atoms with Crippen LogP contribution in [-0.4, -0.2) is 73.4 Å². The van der Waals surface area contributed by atoms with Crippen LogP contribution in [0.1, 0.15) is 15.9 Å². The van der Waals surface area contributed by atoms with Crippen molar-refractivity contribution in [3.05, 3.63) is 35.1 Å². The summed E-state index contributed by atoms with van der Waals surface area (Å²) in [5.74, 6) is -0.856. The lowest BCUT2D eigenvalue weighted by Crippen LogP contribution is -2.44. The topological polar surface area (TPSA) is 53.0 Å². The summed E-state index contributed by atoms with van der Waals surface area (Å²) in [6.07, 6.45) is 0. The Morgan fingerprint density at radius 3 is 2.77 bits per heavy atom. The van der Waals surface area contributed by atoms with Crippen molar-refractivity contribution in [3.8, 4) is 0 Å². The van der Waals surface area contributed by atoms with Crippen molar-refractivity contribution in [2.45, 2.75) is 6.92 Å². The van der Waals surface area contributed by atoms with E-state index in [2.05, 4.69) is 4.90 Å². The molecule has 1 aromatic carbocycles. The molecule has 1 amide bonds. The van der Waals surface area contributed by atoms with Gasteiger partial charge in [0.1, 0.15) is 5.82 Å². The molecule has 5 nitrogen and oxygen atoms in total. The Morgan fingerprint density at radius 1 is 1.36 bits per heavy atom. The second-order valence-electron chi connectivity index (χ2n) is 5.41. The Bertz CT molecular complexity index is 504. The summed E-state index contributed by atoms with van der Waals surface area (Å²) in [4.78, 5) is 16.2. The fourth-order valence-corrected chi connectivity index (χ4v) is 2.51. The molecule has 1 aliphatic rings. The first-order chi connectivity index (χ1) is 10.6. The second kappa shape index (κ2) is 8.22. The van der Waals surface area contributed by atoms with E-state index in [0.717, 1.165) is 13.1 Å². The molecule has 1 N–H and O–H groups in total. The molecule has 1 heterocycles. The number of ether oxygens (including phenoxy) is 1. The van der Waals surface area contributed by atoms with Gasteiger partial charge in [0.15, 0.2) is 0 Å². The van der Waals surface area contributed by atoms with E-state index in [9.17, 15) is 14.3 Å². The van der Waals surface area contributed by atoms with Crippen LogP contribution in [0.4, 0.5) is 4.39 Å². The number of nitrogens with zero attached hydrogens (tertiary/aromatic N) is 2. The third-order valence-corrected chi connectivity index (χ3v) is 3.87. The lowest BCUT2D eigenvalue weighted by atomic mass is 10.1. The number of halogens is 1. The van der Waals surface area contributed by atoms with Crippen LogP contribution in [0.3, 0.4) is 0 Å². The average Bonchev–Trinajstić information content (AvgIpc) is 2.54. The van der Waals surface area contributed by atoms with Gasteiger partial charge in [0.25, 0.3) is 5.91 Å². The Labute approximate surface area is 130 Å². The molecule has 0 saturated carbocycles. The highest BCUT2D eigenvalue weighted by Crippen LogP contribution is 2.14. The van der Waals surface area contributed by atoms with Gasteiger partial charge in [0.05, 0.1) is 25.4 Å². The molecule has 0 bridgehead atoms. The predicted octanol–water partition coefficient (Wildman–Crippen LogP) is 0.901. The van der Waals surface area contributed by atoms with Gasteiger partial charge in [-0.2, -0.15) is 0 Å². The van der Waals surface area contributed by atoms with Crippen LogP contribution in [0.25, 0.3) is 0 Å². The van der Waals surface area contributed by atoms with Gasteiger partial charge in [-0.1, -0.05) is 12.1 Å². The molecule has 2 rings (SSSR count). The number of aliphatic hydroxyl groups is 1. The number of carbonyl (C=O) groups is 1. The van der Waals surface area contributed by atoms with Crippen LogP contribution >= 0.6 is 0 Å². The van der Waals surface area contributed by atoms with Crippen LogP contribution in [-0.2, 0) is 4.74 Å². The number of aliphatic hydroxyl groups excluding tert-OH is 1. The normalized spacial score (nSPS) is 15.8. The zero-order valence-corrected chi connectivity index (χ0v) is 12.9. The lowest BCUT2D eigenvalue weighted by Gasteiger charge is -2.30. The van der Waals surface area contributed by atoms with Crippen LogP contribution in [0.15, 0.2) is 18.2 Å². The molecule has 1 aliphatic heterocycles. The first-order valence-electron chi connectivity index (χ1n) is 7.59. The molecule has 0 atom stereocenters. The van der Waals surface area contributed by atoms with Crippen LogP contribution in [0, 0.1) is 12.7 Å². The minimum Gasteiger partial charge on any atom is -0.395 e. The number of morpholine rings is 1. The molecule has 1 aromatic rings. The van der Waals surface area contributed by atoms with Crippen molar-refractivity contribution in [2.24, 2.45) is 0 Å². The monoisotopic (exact) mass is 310 g/mol. The third kappa shape index (κ3) is 4.25. The maximum atomic E-state index is 14.1. The largest absolute Gasteiger partial charge is 0.395 e. The number of hydrogen-bond donors (Lipinski definition) is 1. The summed E-state index contributed by atoms with van der Waals surface area (Å²) in [5.41, 5.74) is 0.512. The fraction of sp³-hybridized carbons (Fsp3) is 0.562. The first kappa shape index (κ1) is 16.9. The number of aryl methyl sites for hydroxylation is 1. The summed E-state index contributed by atoms with van der Waals surface area (Å²) >= 11 is 0. The molecule has 0 spiro atoms. The Balaban J connectivity index is 2.02. The second-order valence-corrected chi connectivity index (χ2v) is 5.41. The number of hydrogen-bond acceptors (Lipinski definition) is 4. The molecule has 0 radical (unpaired) electrons. The smallest absolute Gasteiger partial charge is 0.256 e. The van der Waals surface area contributed by atoms with Crippen molar-refractivity contribution in [1.82, 2.24) is 9.80 Å². The van der Waals surface area contributed by atoms with Crippen molar-refractivity contribution >= 4 is 5.91 Å². The average molecular weight is 310 g/mol. The van der Waals surface area contributed by atoms with Gasteiger partial charge < -0.3 is 14.7 Å². The highest BCUT2D eigenvalue weighted by atomic mass is 19.1. The van der Waals surface area contributed by atoms with E-state index >= 15 is 0 Å². The maximum absolute atomic E-state index is 14.1. The molecule has 0 unspecified atom stereocenters. The molecule has 0 aliphatic carbocycles. The first-order valence-corrected chi connectivity index (χ1v) is 7.59. The van der Waals surface area contributed by atoms with Gasteiger partial charge in [0.2, 0.25) is 0 Å². The summed E-state index contributed by atoms with van der Waals surface area (Å²) < 4.78 is 19.4. The molecule has 122 valence electrons. The zero-order valence-electron chi connectivity index (χ0n) is 12.9. The number of carbonyl (C=O) groups excluding carboxylic acids is 1. The number of benzene rings is 1. The van der Waals surface area contributed by atoms with E-state index in [-0.39, 0.29) is 24.6 Å². The third-order valence-electron chi connectivity index (χ3n) is 3.87. The number of rotatable bonds is 6. The van der Waals surface area contributed by atoms with Crippen molar-refractivity contribution in [2.75, 3.05) is 52.5 Å². The van der Waals surface area contributed by atoms with Crippen molar-refractivity contribution in [3.63, 3.8) is 0 Å². The van der Waals surface area contributed by atoms with Crippen LogP contribution < -0.4 is 0 Å². The predicted molar refractivity (Wildman–Crippen MR) is 81.4 cm³/mol. The van der Waals surface area contributed by atoms with Gasteiger partial charge >= 0.3 is 0 Å². The highest BCUT2D eigenvalue weighted by Gasteiger charge is 2.21. The summed E-state index contributed by atoms with van der Waals surface area (Å²) in [5, 5.41) is 9.17. The van der Waals surface area contributed by atoms with Gasteiger partial charge in [0, 0.05) is 32.7 Å². The van der Waals surface area contributed by atoms with Crippen LogP contribution in [0.5, 0.6) is 0 Å². The Morgan fingerprint density at radius 2 is 2.09 bits per heavy atom. The van der Waals surface area contributed by atoms with E-state index in [0.29, 0.717) is 31.9 Å². The van der Waals surface area contributed by atoms with E-state index in [1.807, 2.05) is 0 Å². The molecule has 1 fully saturated rings. The fourth-order valence-electron chi connectivity index (χ4n) is 2.51. The summed E-state index contributed by atoms with van der Waals surface area (Å²) in [6.45, 7) is 5.92. The molecule has 6 heteroatoms. The van der Waals surface area contributed by atoms with E-state index in [4.69, 9.17) is 4.74 Å². The van der Waals surface area contributed by atoms with Crippen LogP contribution in [0.2, 0.25) is 0 Å². The molecule has 0 aromatic heterocycles. The molecule has 22 heavy (non-hydrogen) atoms. The minimum absolute atomic E-state index is 0.0652. The van der Waals surface area contributed by atoms with E-state index < -0.39 is 5.82 Å². The highest BCUT2D eigenvalue weighted by molar-refractivity contribution is 5.94. The van der Waals surface area contributed by atoms with E-state index in [1.54, 1.807) is 19.1 Å². The molecule has 1 saturated heterocycles. The van der Waals surface area contributed by atoms with Crippen molar-refractivity contribution in [1.29, 1.82) is 0 Å². The van der Waals surface area contributed by atoms with Gasteiger partial charge in [-0.25, -0.2) is 4.39 Å². The quantitative estimate of drug-likeness (QED) is 0.848. The Kier molecular flexibility index (Phi) is 6.30. The van der Waals surface area contributed by atoms with Gasteiger partial charge in [-0.15, -0.1) is 0 Å². The summed E-state index contributed by atoms with van der Waals surface area (Å²) in [7, 11) is 0. The summed E-state index contributed by atoms with van der Waals surface area (Å²) in [6, 6.07) is 4.80. The Hall–Kier alpha value is -1.50. The molecular weight excluding hydrogens is 287 g/mol. The van der Waals surface area contributed by atoms with Gasteiger partial charge in [-0.05, 0) is 18.6 Å². The number of amides is 1. The molecular formula is C16H23FN2O3.